The summed E-state index contributed by atoms with van der Waals surface area (Å²) < 4.78 is 25.5. The second-order valence-corrected chi connectivity index (χ2v) is 20.5. The number of aromatic nitrogens is 3. The molecule has 3 fully saturated rings. The first-order valence-corrected chi connectivity index (χ1v) is 26.5. The molecule has 19 nitrogen and oxygen atoms in total. The third-order valence-electron chi connectivity index (χ3n) is 16.0. The Bertz CT molecular complexity index is 3840. The number of piperazine rings is 1. The fourth-order valence-electron chi connectivity index (χ4n) is 12.4. The van der Waals surface area contributed by atoms with E-state index in [-0.39, 0.29) is 55.7 Å². The van der Waals surface area contributed by atoms with Crippen LogP contribution in [-0.4, -0.2) is 103 Å². The second-order valence-electron chi connectivity index (χ2n) is 20.5. The lowest BCUT2D eigenvalue weighted by molar-refractivity contribution is -0.384. The van der Waals surface area contributed by atoms with Gasteiger partial charge in [0.15, 0.2) is 11.5 Å². The highest BCUT2D eigenvalue weighted by Gasteiger charge is 2.76. The molecule has 404 valence electrons. The number of cyclic esters (lactones) is 1. The van der Waals surface area contributed by atoms with Crippen LogP contribution < -0.4 is 14.4 Å². The molecule has 8 aromatic rings. The minimum absolute atomic E-state index is 0.0688. The summed E-state index contributed by atoms with van der Waals surface area (Å²) in [5, 5.41) is 31.0. The number of non-ortho nitro benzene ring substituents is 1. The predicted molar refractivity (Wildman–Crippen MR) is 292 cm³/mol. The fraction of sp³-hybridized carbons (Fsp3) is 0.226. The van der Waals surface area contributed by atoms with Crippen molar-refractivity contribution in [3.05, 3.63) is 219 Å². The summed E-state index contributed by atoms with van der Waals surface area (Å²) in [6, 6.07) is 45.4. The number of ether oxygens (including phenoxy) is 4. The fourth-order valence-corrected chi connectivity index (χ4v) is 12.4. The normalized spacial score (nSPS) is 22.0. The number of morpholine rings is 1. The maximum Gasteiger partial charge on any atom is 0.421 e. The summed E-state index contributed by atoms with van der Waals surface area (Å²) in [4.78, 5) is 82.0. The van der Waals surface area contributed by atoms with Crippen molar-refractivity contribution in [1.82, 2.24) is 29.7 Å². The van der Waals surface area contributed by atoms with Crippen LogP contribution in [0, 0.1) is 27.9 Å². The number of fused-ring (bicyclic) bond motifs is 5. The van der Waals surface area contributed by atoms with Crippen LogP contribution in [0.1, 0.15) is 57.1 Å². The van der Waals surface area contributed by atoms with Gasteiger partial charge in [0.2, 0.25) is 18.6 Å². The molecule has 19 heteroatoms. The monoisotopic (exact) mass is 1080 g/mol. The van der Waals surface area contributed by atoms with Gasteiger partial charge in [0, 0.05) is 50.4 Å². The second kappa shape index (κ2) is 20.7. The Labute approximate surface area is 463 Å². The molecule has 0 bridgehead atoms. The molecule has 5 aliphatic rings. The van der Waals surface area contributed by atoms with Crippen molar-refractivity contribution >= 4 is 46.3 Å². The maximum absolute atomic E-state index is 16.9. The molecule has 13 rings (SSSR count). The van der Waals surface area contributed by atoms with Crippen LogP contribution in [-0.2, 0) is 49.0 Å². The standard InChI is InChI=1S/C62H50N8O11/c71-46-25-21-44(22-26-46)57-62(47-34-39(10-9-29-67-50-16-8-7-15-48(50)63-64-67)19-27-49(47)68(60(62)74)61(75)78-37-40-17-23-45(24-18-40)70(76)77)53(58(72)66-32-30-65(31-33-66)36-41-20-28-51-52(35-41)80-38-79-51)55-59(73)81-56(43-13-5-2-6-14-43)54(69(55)57)42-11-3-1-4-12-42/h1-8,11-28,34-35,53-57,71H,29-33,36-38H2. The van der Waals surface area contributed by atoms with Crippen LogP contribution in [0.3, 0.4) is 0 Å². The van der Waals surface area contributed by atoms with Gasteiger partial charge in [0.1, 0.15) is 42.0 Å². The Morgan fingerprint density at radius 3 is 2.21 bits per heavy atom. The van der Waals surface area contributed by atoms with E-state index in [1.165, 1.54) is 36.4 Å². The highest BCUT2D eigenvalue weighted by molar-refractivity contribution is 6.23. The smallest absolute Gasteiger partial charge is 0.421 e. The summed E-state index contributed by atoms with van der Waals surface area (Å²) >= 11 is 0. The lowest BCUT2D eigenvalue weighted by Crippen LogP contribution is -2.59. The Morgan fingerprint density at radius 2 is 1.46 bits per heavy atom. The van der Waals surface area contributed by atoms with E-state index in [4.69, 9.17) is 18.9 Å². The number of nitrogens with zero attached hydrogens (tertiary/aromatic N) is 8. The van der Waals surface area contributed by atoms with Crippen molar-refractivity contribution in [2.45, 2.75) is 49.3 Å². The van der Waals surface area contributed by atoms with Gasteiger partial charge in [-0.3, -0.25) is 34.3 Å². The number of phenolic OH excluding ortho intramolecular Hbond substituents is 1. The first-order valence-electron chi connectivity index (χ1n) is 26.5. The van der Waals surface area contributed by atoms with E-state index >= 15 is 19.2 Å². The molecule has 3 saturated heterocycles. The molecule has 1 spiro atoms. The highest BCUT2D eigenvalue weighted by Crippen LogP contribution is 2.66. The zero-order valence-electron chi connectivity index (χ0n) is 43.3. The topological polar surface area (TPSA) is 212 Å². The summed E-state index contributed by atoms with van der Waals surface area (Å²) in [5.74, 6) is 4.07. The molecule has 5 aliphatic heterocycles. The van der Waals surface area contributed by atoms with Crippen LogP contribution in [0.25, 0.3) is 11.0 Å². The predicted octanol–water partition coefficient (Wildman–Crippen LogP) is 8.17. The summed E-state index contributed by atoms with van der Waals surface area (Å²) in [6.45, 7) is 1.79. The quantitative estimate of drug-likeness (QED) is 0.0592. The number of esters is 1. The average Bonchev–Trinajstić information content (AvgIpc) is 2.31. The lowest BCUT2D eigenvalue weighted by Gasteiger charge is -2.46. The Kier molecular flexibility index (Phi) is 12.9. The number of para-hydroxylation sites is 1. The summed E-state index contributed by atoms with van der Waals surface area (Å²) in [5.41, 5.74) is 3.19. The van der Waals surface area contributed by atoms with Gasteiger partial charge in [0.05, 0.1) is 34.1 Å². The number of phenols is 1. The zero-order chi connectivity index (χ0) is 55.4. The van der Waals surface area contributed by atoms with Gasteiger partial charge in [0.25, 0.3) is 5.69 Å². The number of benzene rings is 7. The van der Waals surface area contributed by atoms with Crippen LogP contribution in [0.5, 0.6) is 17.2 Å². The molecular weight excluding hydrogens is 1030 g/mol. The lowest BCUT2D eigenvalue weighted by atomic mass is 9.65. The van der Waals surface area contributed by atoms with Gasteiger partial charge in [-0.15, -0.1) is 5.10 Å². The molecule has 6 atom stereocenters. The average molecular weight is 1080 g/mol. The summed E-state index contributed by atoms with van der Waals surface area (Å²) in [6.07, 6.45) is -2.05. The van der Waals surface area contributed by atoms with Gasteiger partial charge in [-0.1, -0.05) is 108 Å². The number of amides is 3. The van der Waals surface area contributed by atoms with E-state index in [9.17, 15) is 15.2 Å². The van der Waals surface area contributed by atoms with Gasteiger partial charge >= 0.3 is 12.1 Å². The Hall–Kier alpha value is -9.90. The van der Waals surface area contributed by atoms with Gasteiger partial charge in [-0.05, 0) is 100 Å². The number of carbonyl (C=O) groups excluding carboxylic acids is 4. The number of nitro groups is 1. The van der Waals surface area contributed by atoms with E-state index in [1.807, 2.05) is 108 Å². The number of aromatic hydroxyl groups is 1. The number of rotatable bonds is 10. The number of hydrogen-bond acceptors (Lipinski definition) is 15. The van der Waals surface area contributed by atoms with E-state index in [0.29, 0.717) is 58.9 Å². The van der Waals surface area contributed by atoms with Crippen molar-refractivity contribution in [3.8, 4) is 29.1 Å². The van der Waals surface area contributed by atoms with E-state index in [2.05, 4.69) is 27.1 Å². The number of hydrogen-bond donors (Lipinski definition) is 1. The molecule has 0 aliphatic carbocycles. The zero-order valence-corrected chi connectivity index (χ0v) is 43.3. The first-order chi connectivity index (χ1) is 39.5. The van der Waals surface area contributed by atoms with Crippen molar-refractivity contribution in [3.63, 3.8) is 0 Å². The van der Waals surface area contributed by atoms with Crippen molar-refractivity contribution in [1.29, 1.82) is 0 Å². The van der Waals surface area contributed by atoms with E-state index in [1.54, 1.807) is 39.9 Å². The SMILES string of the molecule is O=C1OC(c2ccccc2)C(c2ccccc2)N2C1C(C(=O)N1CCN(Cc3ccc4c(c3)OCO4)CC1)C1(C(=O)N(C(=O)OCc3ccc([N+](=O)[O-])cc3)c3ccc(C#CCn4nnc5ccccc54)cc31)C2c1ccc(O)cc1. The maximum atomic E-state index is 16.9. The van der Waals surface area contributed by atoms with Gasteiger partial charge in [-0.25, -0.2) is 14.4 Å². The van der Waals surface area contributed by atoms with Gasteiger partial charge < -0.3 is 29.0 Å². The van der Waals surface area contributed by atoms with E-state index in [0.717, 1.165) is 21.5 Å². The largest absolute Gasteiger partial charge is 0.508 e. The molecular formula is C62H50N8O11. The summed E-state index contributed by atoms with van der Waals surface area (Å²) in [7, 11) is 0. The number of anilines is 1. The Morgan fingerprint density at radius 1 is 0.753 bits per heavy atom. The van der Waals surface area contributed by atoms with Crippen molar-refractivity contribution in [2.75, 3.05) is 37.9 Å². The first kappa shape index (κ1) is 50.6. The Balaban J connectivity index is 0.984. The minimum Gasteiger partial charge on any atom is -0.508 e. The molecule has 3 amide bonds. The molecule has 6 heterocycles. The van der Waals surface area contributed by atoms with Crippen LogP contribution >= 0.6 is 0 Å². The minimum atomic E-state index is -2.12. The molecule has 7 aromatic carbocycles. The number of carbonyl (C=O) groups is 4. The third-order valence-corrected chi connectivity index (χ3v) is 16.0. The molecule has 1 N–H and O–H groups in total. The molecule has 0 radical (unpaired) electrons. The molecule has 81 heavy (non-hydrogen) atoms. The van der Waals surface area contributed by atoms with Gasteiger partial charge in [-0.2, -0.15) is 0 Å². The molecule has 0 saturated carbocycles. The molecule has 6 unspecified atom stereocenters. The van der Waals surface area contributed by atoms with Crippen LogP contribution in [0.4, 0.5) is 16.2 Å². The number of nitro benzene ring substituents is 1. The van der Waals surface area contributed by atoms with Crippen LogP contribution in [0.2, 0.25) is 0 Å². The van der Waals surface area contributed by atoms with Crippen LogP contribution in [0.15, 0.2) is 170 Å². The molecule has 1 aromatic heterocycles. The van der Waals surface area contributed by atoms with E-state index < -0.39 is 64.4 Å². The van der Waals surface area contributed by atoms with Crippen molar-refractivity contribution in [2.24, 2.45) is 5.92 Å². The number of imide groups is 1. The highest BCUT2D eigenvalue weighted by atomic mass is 16.7. The third kappa shape index (κ3) is 8.90. The van der Waals surface area contributed by atoms with Crippen molar-refractivity contribution < 1.29 is 48.2 Å².